The summed E-state index contributed by atoms with van der Waals surface area (Å²) in [5.74, 6) is -1.41. The van der Waals surface area contributed by atoms with Gasteiger partial charge in [0.15, 0.2) is 0 Å². The average Bonchev–Trinajstić information content (AvgIpc) is 2.69. The number of ether oxygens (including phenoxy) is 1. The third-order valence-corrected chi connectivity index (χ3v) is 3.24. The molecule has 2 rings (SSSR count). The Bertz CT molecular complexity index is 613. The fourth-order valence-electron chi connectivity index (χ4n) is 1.56. The molecule has 0 atom stereocenters. The number of thioether (sulfide) groups is 1. The fraction of sp³-hybridized carbons (Fsp3) is 0.0909. The maximum Gasteiger partial charge on any atom is 0.290 e. The van der Waals surface area contributed by atoms with Crippen LogP contribution in [0.4, 0.5) is 10.5 Å². The Morgan fingerprint density at radius 3 is 2.60 bits per heavy atom. The van der Waals surface area contributed by atoms with Crippen LogP contribution >= 0.6 is 11.8 Å². The van der Waals surface area contributed by atoms with Crippen LogP contribution in [0.25, 0.3) is 6.08 Å². The van der Waals surface area contributed by atoms with Crippen molar-refractivity contribution in [1.82, 2.24) is 5.32 Å². The van der Waals surface area contributed by atoms with Crippen LogP contribution < -0.4 is 20.4 Å². The number of benzene rings is 1. The molecule has 0 spiro atoms. The molecule has 0 radical (unpaired) electrons. The van der Waals surface area contributed by atoms with Gasteiger partial charge in [-0.3, -0.25) is 25.3 Å². The smallest absolute Gasteiger partial charge is 0.290 e. The molecule has 0 aromatic heterocycles. The van der Waals surface area contributed by atoms with Crippen molar-refractivity contribution in [2.24, 2.45) is 0 Å². The lowest BCUT2D eigenvalue weighted by Gasteiger charge is -2.20. The summed E-state index contributed by atoms with van der Waals surface area (Å²) >= 11 is 0.704. The Kier molecular flexibility index (Phi) is 3.84. The number of rotatable bonds is 3. The number of imide groups is 1. The van der Waals surface area contributed by atoms with E-state index in [0.29, 0.717) is 17.3 Å². The molecule has 3 N–H and O–H groups in total. The molecule has 1 heterocycles. The first-order valence-corrected chi connectivity index (χ1v) is 6.06. The summed E-state index contributed by atoms with van der Waals surface area (Å²) in [5, 5.41) is 30.9. The van der Waals surface area contributed by atoms with Gasteiger partial charge in [-0.1, -0.05) is 0 Å². The number of hydrogen-bond donors (Lipinski definition) is 3. The summed E-state index contributed by atoms with van der Waals surface area (Å²) in [6, 6.07) is 2.47. The molecule has 0 bridgehead atoms. The molecule has 8 nitrogen and oxygen atoms in total. The van der Waals surface area contributed by atoms with Crippen LogP contribution in [-0.2, 0) is 4.79 Å². The van der Waals surface area contributed by atoms with E-state index in [1.54, 1.807) is 0 Å². The van der Waals surface area contributed by atoms with Crippen LogP contribution in [0, 0.1) is 0 Å². The first kappa shape index (κ1) is 14.2. The van der Waals surface area contributed by atoms with Gasteiger partial charge in [0.2, 0.25) is 0 Å². The zero-order chi connectivity index (χ0) is 14.9. The molecule has 1 aromatic rings. The highest BCUT2D eigenvalue weighted by Crippen LogP contribution is 2.36. The Hall–Kier alpha value is -2.23. The summed E-state index contributed by atoms with van der Waals surface area (Å²) in [7, 11) is 1.25. The highest BCUT2D eigenvalue weighted by molar-refractivity contribution is 8.18. The van der Waals surface area contributed by atoms with Crippen LogP contribution in [-0.4, -0.2) is 28.7 Å². The Morgan fingerprint density at radius 2 is 2.10 bits per heavy atom. The molecule has 9 heteroatoms. The lowest BCUT2D eigenvalue weighted by Crippen LogP contribution is -2.17. The minimum absolute atomic E-state index is 0.128. The van der Waals surface area contributed by atoms with Gasteiger partial charge in [0.1, 0.15) is 5.75 Å². The topological polar surface area (TPSA) is 122 Å². The van der Waals surface area contributed by atoms with E-state index in [0.717, 1.165) is 6.07 Å². The van der Waals surface area contributed by atoms with Gasteiger partial charge in [-0.2, -0.15) is 0 Å². The first-order valence-electron chi connectivity index (χ1n) is 5.24. The van der Waals surface area contributed by atoms with Crippen LogP contribution in [0.1, 0.15) is 5.56 Å². The van der Waals surface area contributed by atoms with E-state index in [4.69, 9.17) is 15.2 Å². The van der Waals surface area contributed by atoms with E-state index >= 15 is 0 Å². The van der Waals surface area contributed by atoms with E-state index in [2.05, 4.69) is 5.32 Å². The molecular weight excluding hydrogens is 288 g/mol. The number of amides is 2. The molecule has 0 unspecified atom stereocenters. The number of hydrogen-bond acceptors (Lipinski definition) is 8. The lowest BCUT2D eigenvalue weighted by atomic mass is 10.1. The number of anilines is 1. The van der Waals surface area contributed by atoms with Crippen LogP contribution in [0.3, 0.4) is 0 Å². The Morgan fingerprint density at radius 1 is 1.40 bits per heavy atom. The first-order chi connectivity index (χ1) is 9.42. The van der Waals surface area contributed by atoms with Crippen molar-refractivity contribution in [1.29, 1.82) is 0 Å². The number of nitrogens with one attached hydrogen (secondary N) is 1. The third-order valence-electron chi connectivity index (χ3n) is 2.43. The average molecular weight is 297 g/mol. The van der Waals surface area contributed by atoms with Crippen molar-refractivity contribution >= 4 is 34.7 Å². The van der Waals surface area contributed by atoms with E-state index in [1.807, 2.05) is 0 Å². The zero-order valence-corrected chi connectivity index (χ0v) is 10.9. The number of carbonyl (C=O) groups excluding carboxylic acids is 2. The van der Waals surface area contributed by atoms with Crippen LogP contribution in [0.2, 0.25) is 0 Å². The van der Waals surface area contributed by atoms with E-state index in [9.17, 15) is 14.7 Å². The van der Waals surface area contributed by atoms with Gasteiger partial charge < -0.3 is 9.84 Å². The maximum atomic E-state index is 11.7. The molecule has 20 heavy (non-hydrogen) atoms. The standard InChI is InChI=1S/C11H10N2O6S/c1-19-7-3-5(2-6(9(7)14)13(17)18)4-8-10(15)12-11(16)20-8/h2-4,14,17-18H,1H3,(H,12,15,16)/p-1/b8-4-. The molecular formula is C11H9N2O6S-. The molecule has 0 aliphatic carbocycles. The third kappa shape index (κ3) is 2.69. The predicted octanol–water partition coefficient (Wildman–Crippen LogP) is 0.677. The van der Waals surface area contributed by atoms with Gasteiger partial charge in [0.25, 0.3) is 11.1 Å². The molecule has 106 valence electrons. The van der Waals surface area contributed by atoms with Crippen molar-refractivity contribution < 1.29 is 29.8 Å². The van der Waals surface area contributed by atoms with Crippen molar-refractivity contribution in [3.8, 4) is 11.5 Å². The van der Waals surface area contributed by atoms with Gasteiger partial charge >= 0.3 is 0 Å². The second-order valence-corrected chi connectivity index (χ2v) is 4.73. The highest BCUT2D eigenvalue weighted by atomic mass is 32.2. The van der Waals surface area contributed by atoms with Gasteiger partial charge in [-0.15, -0.1) is 5.23 Å². The van der Waals surface area contributed by atoms with Gasteiger partial charge in [-0.05, 0) is 41.3 Å². The van der Waals surface area contributed by atoms with Crippen LogP contribution in [0.15, 0.2) is 17.0 Å². The van der Waals surface area contributed by atoms with E-state index in [1.165, 1.54) is 19.3 Å². The van der Waals surface area contributed by atoms with Crippen molar-refractivity contribution in [2.75, 3.05) is 12.3 Å². The Balaban J connectivity index is 2.47. The molecule has 0 saturated carbocycles. The second kappa shape index (κ2) is 5.41. The summed E-state index contributed by atoms with van der Waals surface area (Å²) in [5.41, 5.74) is -0.136. The van der Waals surface area contributed by atoms with Gasteiger partial charge in [0, 0.05) is 0 Å². The van der Waals surface area contributed by atoms with Crippen molar-refractivity contribution in [3.63, 3.8) is 0 Å². The molecule has 1 aliphatic heterocycles. The number of carbonyl (C=O) groups is 2. The zero-order valence-electron chi connectivity index (χ0n) is 10.1. The van der Waals surface area contributed by atoms with Gasteiger partial charge in [0.05, 0.1) is 17.7 Å². The summed E-state index contributed by atoms with van der Waals surface area (Å²) in [6.45, 7) is 0. The van der Waals surface area contributed by atoms with Crippen molar-refractivity contribution in [2.45, 2.75) is 0 Å². The SMILES string of the molecule is COc1cc(/C=C2\SC(=O)NC2=O)cc(N(O)O)c1[O-]. The minimum Gasteiger partial charge on any atom is -0.868 e. The second-order valence-electron chi connectivity index (χ2n) is 3.71. The minimum atomic E-state index is -0.723. The van der Waals surface area contributed by atoms with Gasteiger partial charge in [-0.25, -0.2) is 0 Å². The molecule has 1 aromatic carbocycles. The highest BCUT2D eigenvalue weighted by Gasteiger charge is 2.25. The van der Waals surface area contributed by atoms with E-state index in [-0.39, 0.29) is 15.9 Å². The number of methoxy groups -OCH3 is 1. The number of nitrogens with zero attached hydrogens (tertiary/aromatic N) is 1. The predicted molar refractivity (Wildman–Crippen MR) is 67.6 cm³/mol. The van der Waals surface area contributed by atoms with Crippen LogP contribution in [0.5, 0.6) is 11.5 Å². The monoisotopic (exact) mass is 297 g/mol. The largest absolute Gasteiger partial charge is 0.868 e. The van der Waals surface area contributed by atoms with Crippen molar-refractivity contribution in [3.05, 3.63) is 22.6 Å². The lowest BCUT2D eigenvalue weighted by molar-refractivity contribution is -0.270. The molecule has 2 amide bonds. The summed E-state index contributed by atoms with van der Waals surface area (Å²) in [6.07, 6.45) is 1.33. The summed E-state index contributed by atoms with van der Waals surface area (Å²) < 4.78 is 4.82. The fourth-order valence-corrected chi connectivity index (χ4v) is 2.25. The molecule has 1 aliphatic rings. The molecule has 1 fully saturated rings. The normalized spacial score (nSPS) is 16.4. The van der Waals surface area contributed by atoms with E-state index < -0.39 is 22.6 Å². The molecule has 1 saturated heterocycles. The Labute approximate surface area is 117 Å². The quantitative estimate of drug-likeness (QED) is 0.550. The maximum absolute atomic E-state index is 11.7. The summed E-state index contributed by atoms with van der Waals surface area (Å²) in [4.78, 5) is 22.6.